The number of nitrogens with one attached hydrogen (secondary N) is 1. The maximum atomic E-state index is 12.3. The molecule has 3 heteroatoms. The molecule has 17 heavy (non-hydrogen) atoms. The van der Waals surface area contributed by atoms with Gasteiger partial charge in [-0.2, -0.15) is 0 Å². The van der Waals surface area contributed by atoms with Crippen molar-refractivity contribution in [3.63, 3.8) is 0 Å². The standard InChI is InChI=1S/C14H26N2O/c1-11(13(2,3)4)12(17)16-9-14(10-16)5-7-15-8-6-14/h11,15H,5-10H2,1-4H3. The van der Waals surface area contributed by atoms with E-state index in [-0.39, 0.29) is 11.3 Å². The molecule has 2 fully saturated rings. The molecule has 0 bridgehead atoms. The van der Waals surface area contributed by atoms with E-state index in [0.717, 1.165) is 26.2 Å². The van der Waals surface area contributed by atoms with Crippen molar-refractivity contribution in [3.05, 3.63) is 0 Å². The summed E-state index contributed by atoms with van der Waals surface area (Å²) in [7, 11) is 0. The highest BCUT2D eigenvalue weighted by molar-refractivity contribution is 5.80. The minimum absolute atomic E-state index is 0.0773. The van der Waals surface area contributed by atoms with E-state index in [1.54, 1.807) is 0 Å². The zero-order valence-electron chi connectivity index (χ0n) is 11.7. The highest BCUT2D eigenvalue weighted by Gasteiger charge is 2.47. The second kappa shape index (κ2) is 4.27. The number of hydrogen-bond donors (Lipinski definition) is 1. The zero-order valence-corrected chi connectivity index (χ0v) is 11.7. The Bertz CT molecular complexity index is 292. The van der Waals surface area contributed by atoms with Crippen molar-refractivity contribution in [1.82, 2.24) is 10.2 Å². The molecule has 3 nitrogen and oxygen atoms in total. The number of carbonyl (C=O) groups excluding carboxylic acids is 1. The van der Waals surface area contributed by atoms with Gasteiger partial charge in [0.25, 0.3) is 0 Å². The van der Waals surface area contributed by atoms with Gasteiger partial charge in [0.15, 0.2) is 0 Å². The van der Waals surface area contributed by atoms with E-state index < -0.39 is 0 Å². The van der Waals surface area contributed by atoms with Crippen LogP contribution >= 0.6 is 0 Å². The van der Waals surface area contributed by atoms with E-state index in [2.05, 4.69) is 37.9 Å². The molecule has 0 radical (unpaired) electrons. The van der Waals surface area contributed by atoms with Gasteiger partial charge in [0, 0.05) is 24.4 Å². The molecule has 0 saturated carbocycles. The van der Waals surface area contributed by atoms with Crippen molar-refractivity contribution in [2.75, 3.05) is 26.2 Å². The van der Waals surface area contributed by atoms with Gasteiger partial charge in [-0.1, -0.05) is 27.7 Å². The number of piperidine rings is 1. The van der Waals surface area contributed by atoms with Crippen molar-refractivity contribution in [2.24, 2.45) is 16.7 Å². The van der Waals surface area contributed by atoms with Crippen LogP contribution in [0.4, 0.5) is 0 Å². The lowest BCUT2D eigenvalue weighted by atomic mass is 9.71. The topological polar surface area (TPSA) is 32.3 Å². The molecular formula is C14H26N2O. The van der Waals surface area contributed by atoms with Gasteiger partial charge in [-0.25, -0.2) is 0 Å². The van der Waals surface area contributed by atoms with E-state index >= 15 is 0 Å². The molecule has 1 atom stereocenters. The Balaban J connectivity index is 1.89. The van der Waals surface area contributed by atoms with Crippen LogP contribution in [0, 0.1) is 16.7 Å². The van der Waals surface area contributed by atoms with Crippen LogP contribution < -0.4 is 5.32 Å². The van der Waals surface area contributed by atoms with Crippen LogP contribution in [0.15, 0.2) is 0 Å². The molecule has 1 amide bonds. The van der Waals surface area contributed by atoms with Crippen molar-refractivity contribution < 1.29 is 4.79 Å². The van der Waals surface area contributed by atoms with E-state index in [1.807, 2.05) is 0 Å². The molecule has 98 valence electrons. The van der Waals surface area contributed by atoms with Crippen LogP contribution in [0.3, 0.4) is 0 Å². The lowest BCUT2D eigenvalue weighted by Crippen LogP contribution is -2.62. The summed E-state index contributed by atoms with van der Waals surface area (Å²) in [5, 5.41) is 3.40. The SMILES string of the molecule is CC(C(=O)N1CC2(CCNCC2)C1)C(C)(C)C. The third-order valence-corrected chi connectivity index (χ3v) is 4.70. The van der Waals surface area contributed by atoms with E-state index in [9.17, 15) is 4.79 Å². The number of rotatable bonds is 1. The number of likely N-dealkylation sites (tertiary alicyclic amines) is 1. The van der Waals surface area contributed by atoms with Gasteiger partial charge in [-0.05, 0) is 31.3 Å². The molecule has 0 aromatic carbocycles. The third kappa shape index (κ3) is 2.49. The number of carbonyl (C=O) groups is 1. The Morgan fingerprint density at radius 2 is 1.76 bits per heavy atom. The second-order valence-corrected chi connectivity index (χ2v) is 7.03. The van der Waals surface area contributed by atoms with Crippen LogP contribution in [0.2, 0.25) is 0 Å². The molecule has 2 heterocycles. The Hall–Kier alpha value is -0.570. The summed E-state index contributed by atoms with van der Waals surface area (Å²) in [6, 6.07) is 0. The molecule has 2 rings (SSSR count). The molecule has 0 aromatic rings. The second-order valence-electron chi connectivity index (χ2n) is 7.03. The van der Waals surface area contributed by atoms with Gasteiger partial charge in [-0.15, -0.1) is 0 Å². The first-order chi connectivity index (χ1) is 7.84. The Kier molecular flexibility index (Phi) is 3.23. The fourth-order valence-electron chi connectivity index (χ4n) is 2.84. The van der Waals surface area contributed by atoms with Gasteiger partial charge in [0.1, 0.15) is 0 Å². The normalized spacial score (nSPS) is 25.5. The van der Waals surface area contributed by atoms with E-state index in [1.165, 1.54) is 12.8 Å². The molecular weight excluding hydrogens is 212 g/mol. The predicted molar refractivity (Wildman–Crippen MR) is 69.7 cm³/mol. The van der Waals surface area contributed by atoms with Crippen LogP contribution in [-0.2, 0) is 4.79 Å². The van der Waals surface area contributed by atoms with Crippen LogP contribution in [0.25, 0.3) is 0 Å². The van der Waals surface area contributed by atoms with Crippen LogP contribution in [0.1, 0.15) is 40.5 Å². The first-order valence-corrected chi connectivity index (χ1v) is 6.84. The van der Waals surface area contributed by atoms with Gasteiger partial charge in [0.2, 0.25) is 5.91 Å². The molecule has 2 aliphatic rings. The fourth-order valence-corrected chi connectivity index (χ4v) is 2.84. The fraction of sp³-hybridized carbons (Fsp3) is 0.929. The molecule has 0 aromatic heterocycles. The molecule has 1 unspecified atom stereocenters. The number of hydrogen-bond acceptors (Lipinski definition) is 2. The van der Waals surface area contributed by atoms with Crippen LogP contribution in [-0.4, -0.2) is 37.0 Å². The maximum Gasteiger partial charge on any atom is 0.225 e. The van der Waals surface area contributed by atoms with Crippen molar-refractivity contribution in [2.45, 2.75) is 40.5 Å². The third-order valence-electron chi connectivity index (χ3n) is 4.70. The van der Waals surface area contributed by atoms with E-state index in [4.69, 9.17) is 0 Å². The Morgan fingerprint density at radius 3 is 2.24 bits per heavy atom. The predicted octanol–water partition coefficient (Wildman–Crippen LogP) is 1.88. The van der Waals surface area contributed by atoms with Crippen LogP contribution in [0.5, 0.6) is 0 Å². The Morgan fingerprint density at radius 1 is 1.24 bits per heavy atom. The summed E-state index contributed by atoms with van der Waals surface area (Å²) < 4.78 is 0. The first-order valence-electron chi connectivity index (χ1n) is 6.84. The molecule has 1 spiro atoms. The lowest BCUT2D eigenvalue weighted by Gasteiger charge is -2.53. The zero-order chi connectivity index (χ0) is 12.7. The number of nitrogens with zero attached hydrogens (tertiary/aromatic N) is 1. The molecule has 2 aliphatic heterocycles. The molecule has 0 aliphatic carbocycles. The summed E-state index contributed by atoms with van der Waals surface area (Å²) in [6.07, 6.45) is 2.47. The molecule has 2 saturated heterocycles. The Labute approximate surface area is 105 Å². The average molecular weight is 238 g/mol. The average Bonchev–Trinajstić information content (AvgIpc) is 2.23. The van der Waals surface area contributed by atoms with Crippen molar-refractivity contribution in [1.29, 1.82) is 0 Å². The molecule has 1 N–H and O–H groups in total. The first kappa shape index (κ1) is 12.9. The van der Waals surface area contributed by atoms with Gasteiger partial charge in [-0.3, -0.25) is 4.79 Å². The summed E-state index contributed by atoms with van der Waals surface area (Å²) in [5.41, 5.74) is 0.534. The minimum Gasteiger partial charge on any atom is -0.341 e. The smallest absolute Gasteiger partial charge is 0.225 e. The van der Waals surface area contributed by atoms with Crippen molar-refractivity contribution >= 4 is 5.91 Å². The summed E-state index contributed by atoms with van der Waals surface area (Å²) in [4.78, 5) is 14.4. The summed E-state index contributed by atoms with van der Waals surface area (Å²) in [5.74, 6) is 0.475. The number of amides is 1. The van der Waals surface area contributed by atoms with Gasteiger partial charge >= 0.3 is 0 Å². The minimum atomic E-state index is 0.0773. The van der Waals surface area contributed by atoms with Gasteiger partial charge in [0.05, 0.1) is 0 Å². The largest absolute Gasteiger partial charge is 0.341 e. The quantitative estimate of drug-likeness (QED) is 0.756. The monoisotopic (exact) mass is 238 g/mol. The highest BCUT2D eigenvalue weighted by Crippen LogP contribution is 2.40. The summed E-state index contributed by atoms with van der Waals surface area (Å²) in [6.45, 7) is 12.7. The highest BCUT2D eigenvalue weighted by atomic mass is 16.2. The van der Waals surface area contributed by atoms with E-state index in [0.29, 0.717) is 11.3 Å². The maximum absolute atomic E-state index is 12.3. The van der Waals surface area contributed by atoms with Crippen molar-refractivity contribution in [3.8, 4) is 0 Å². The van der Waals surface area contributed by atoms with Gasteiger partial charge < -0.3 is 10.2 Å². The summed E-state index contributed by atoms with van der Waals surface area (Å²) >= 11 is 0. The lowest BCUT2D eigenvalue weighted by molar-refractivity contribution is -0.152.